The summed E-state index contributed by atoms with van der Waals surface area (Å²) >= 11 is 0. The van der Waals surface area contributed by atoms with Crippen molar-refractivity contribution < 1.29 is 13.9 Å². The highest BCUT2D eigenvalue weighted by Crippen LogP contribution is 2.30. The minimum atomic E-state index is -0.340. The summed E-state index contributed by atoms with van der Waals surface area (Å²) in [6, 6.07) is 4.94. The Bertz CT molecular complexity index is 693. The van der Waals surface area contributed by atoms with Crippen LogP contribution in [0, 0.1) is 17.7 Å². The first-order valence-electron chi connectivity index (χ1n) is 9.74. The fourth-order valence-corrected chi connectivity index (χ4v) is 2.74. The first kappa shape index (κ1) is 22.7. The Morgan fingerprint density at radius 2 is 1.96 bits per heavy atom. The van der Waals surface area contributed by atoms with Crippen molar-refractivity contribution in [3.63, 3.8) is 0 Å². The van der Waals surface area contributed by atoms with Gasteiger partial charge in [0, 0.05) is 26.1 Å². The molecule has 1 aromatic carbocycles. The first-order valence-corrected chi connectivity index (χ1v) is 9.74. The van der Waals surface area contributed by atoms with E-state index >= 15 is 0 Å². The second-order valence-electron chi connectivity index (χ2n) is 7.37. The average Bonchev–Trinajstić information content (AvgIpc) is 3.56. The number of guanidine groups is 1. The number of benzene rings is 1. The van der Waals surface area contributed by atoms with Gasteiger partial charge >= 0.3 is 0 Å². The first-order chi connectivity index (χ1) is 13.1. The van der Waals surface area contributed by atoms with E-state index in [0.29, 0.717) is 37.3 Å². The minimum absolute atomic E-state index is 0. The number of ether oxygens (including phenoxy) is 1. The SMILES string of the molecule is CN=C(NCCNC(=O)C1CC1)NC(C)c1ccc(OCC2CC2)c(F)c1.I. The van der Waals surface area contributed by atoms with Crippen LogP contribution in [0.25, 0.3) is 0 Å². The maximum absolute atomic E-state index is 14.3. The highest BCUT2D eigenvalue weighted by molar-refractivity contribution is 14.0. The van der Waals surface area contributed by atoms with Gasteiger partial charge in [0.2, 0.25) is 5.91 Å². The standard InChI is InChI=1S/C20H29FN4O2.HI/c1-13(16-7-8-18(17(21)11-16)27-12-14-3-4-14)25-20(22-2)24-10-9-23-19(26)15-5-6-15;/h7-8,11,13-15H,3-6,9-10,12H2,1-2H3,(H,23,26)(H2,22,24,25);1H. The van der Waals surface area contributed by atoms with Gasteiger partial charge < -0.3 is 20.7 Å². The van der Waals surface area contributed by atoms with Crippen molar-refractivity contribution in [1.29, 1.82) is 0 Å². The molecular formula is C20H30FIN4O2. The predicted octanol–water partition coefficient (Wildman–Crippen LogP) is 2.98. The molecule has 1 atom stereocenters. The smallest absolute Gasteiger partial charge is 0.223 e. The molecule has 2 aliphatic rings. The van der Waals surface area contributed by atoms with Gasteiger partial charge in [0.1, 0.15) is 0 Å². The van der Waals surface area contributed by atoms with E-state index in [9.17, 15) is 9.18 Å². The van der Waals surface area contributed by atoms with Gasteiger partial charge in [-0.1, -0.05) is 6.07 Å². The van der Waals surface area contributed by atoms with Gasteiger partial charge in [-0.2, -0.15) is 0 Å². The maximum Gasteiger partial charge on any atom is 0.223 e. The number of halogens is 2. The van der Waals surface area contributed by atoms with E-state index in [-0.39, 0.29) is 47.7 Å². The molecule has 2 saturated carbocycles. The zero-order valence-electron chi connectivity index (χ0n) is 16.5. The number of carbonyl (C=O) groups excluding carboxylic acids is 1. The number of nitrogens with one attached hydrogen (secondary N) is 3. The lowest BCUT2D eigenvalue weighted by Crippen LogP contribution is -2.42. The number of carbonyl (C=O) groups is 1. The second kappa shape index (κ2) is 10.8. The van der Waals surface area contributed by atoms with Crippen LogP contribution in [0.3, 0.4) is 0 Å². The fraction of sp³-hybridized carbons (Fsp3) is 0.600. The molecule has 3 N–H and O–H groups in total. The van der Waals surface area contributed by atoms with Crippen LogP contribution in [0.5, 0.6) is 5.75 Å². The Hall–Kier alpha value is -1.58. The lowest BCUT2D eigenvalue weighted by Gasteiger charge is -2.19. The van der Waals surface area contributed by atoms with Crippen LogP contribution in [0.15, 0.2) is 23.2 Å². The third-order valence-corrected chi connectivity index (χ3v) is 4.87. The molecule has 0 radical (unpaired) electrons. The summed E-state index contributed by atoms with van der Waals surface area (Å²) in [6.07, 6.45) is 4.36. The normalized spacial score (nSPS) is 17.3. The predicted molar refractivity (Wildman–Crippen MR) is 119 cm³/mol. The maximum atomic E-state index is 14.3. The molecule has 0 aliphatic heterocycles. The fourth-order valence-electron chi connectivity index (χ4n) is 2.74. The molecule has 8 heteroatoms. The van der Waals surface area contributed by atoms with Crippen LogP contribution in [0.1, 0.15) is 44.2 Å². The van der Waals surface area contributed by atoms with Crippen LogP contribution >= 0.6 is 24.0 Å². The van der Waals surface area contributed by atoms with Gasteiger partial charge in [0.05, 0.1) is 12.6 Å². The number of hydrogen-bond donors (Lipinski definition) is 3. The quantitative estimate of drug-likeness (QED) is 0.209. The zero-order chi connectivity index (χ0) is 19.2. The van der Waals surface area contributed by atoms with Crippen LogP contribution < -0.4 is 20.7 Å². The van der Waals surface area contributed by atoms with Gasteiger partial charge in [-0.25, -0.2) is 4.39 Å². The van der Waals surface area contributed by atoms with E-state index in [0.717, 1.165) is 18.4 Å². The van der Waals surface area contributed by atoms with Gasteiger partial charge in [0.25, 0.3) is 0 Å². The largest absolute Gasteiger partial charge is 0.490 e. The molecule has 0 heterocycles. The molecular weight excluding hydrogens is 474 g/mol. The number of rotatable bonds is 9. The number of hydrogen-bond acceptors (Lipinski definition) is 3. The van der Waals surface area contributed by atoms with Crippen molar-refractivity contribution in [3.8, 4) is 5.75 Å². The second-order valence-corrected chi connectivity index (χ2v) is 7.37. The number of aliphatic imine (C=N–C) groups is 1. The van der Waals surface area contributed by atoms with E-state index < -0.39 is 0 Å². The highest BCUT2D eigenvalue weighted by Gasteiger charge is 2.29. The minimum Gasteiger partial charge on any atom is -0.490 e. The van der Waals surface area contributed by atoms with E-state index in [1.54, 1.807) is 13.1 Å². The van der Waals surface area contributed by atoms with Crippen molar-refractivity contribution in [2.24, 2.45) is 16.8 Å². The summed E-state index contributed by atoms with van der Waals surface area (Å²) in [5.41, 5.74) is 0.816. The topological polar surface area (TPSA) is 74.8 Å². The van der Waals surface area contributed by atoms with Gasteiger partial charge in [-0.05, 0) is 56.2 Å². The van der Waals surface area contributed by atoms with E-state index in [1.807, 2.05) is 13.0 Å². The average molecular weight is 504 g/mol. The molecule has 1 unspecified atom stereocenters. The number of nitrogens with zero attached hydrogens (tertiary/aromatic N) is 1. The summed E-state index contributed by atoms with van der Waals surface area (Å²) in [7, 11) is 1.68. The van der Waals surface area contributed by atoms with Crippen molar-refractivity contribution in [1.82, 2.24) is 16.0 Å². The Morgan fingerprint density at radius 3 is 2.57 bits per heavy atom. The summed E-state index contributed by atoms with van der Waals surface area (Å²) in [6.45, 7) is 3.67. The molecule has 1 aromatic rings. The zero-order valence-corrected chi connectivity index (χ0v) is 18.8. The van der Waals surface area contributed by atoms with Gasteiger partial charge in [-0.3, -0.25) is 9.79 Å². The molecule has 2 fully saturated rings. The van der Waals surface area contributed by atoms with Gasteiger partial charge in [0.15, 0.2) is 17.5 Å². The molecule has 0 aromatic heterocycles. The molecule has 2 aliphatic carbocycles. The lowest BCUT2D eigenvalue weighted by molar-refractivity contribution is -0.122. The molecule has 0 spiro atoms. The Kier molecular flexibility index (Phi) is 8.78. The van der Waals surface area contributed by atoms with E-state index in [4.69, 9.17) is 4.74 Å². The van der Waals surface area contributed by atoms with Crippen molar-refractivity contribution in [2.45, 2.75) is 38.6 Å². The van der Waals surface area contributed by atoms with Crippen molar-refractivity contribution in [3.05, 3.63) is 29.6 Å². The molecule has 28 heavy (non-hydrogen) atoms. The molecule has 0 bridgehead atoms. The van der Waals surface area contributed by atoms with Crippen LogP contribution in [-0.2, 0) is 4.79 Å². The summed E-state index contributed by atoms with van der Waals surface area (Å²) in [5.74, 6) is 1.52. The Balaban J connectivity index is 0.00000280. The summed E-state index contributed by atoms with van der Waals surface area (Å²) < 4.78 is 19.8. The summed E-state index contributed by atoms with van der Waals surface area (Å²) in [5, 5.41) is 9.29. The number of amides is 1. The van der Waals surface area contributed by atoms with Crippen LogP contribution in [0.4, 0.5) is 4.39 Å². The van der Waals surface area contributed by atoms with Crippen molar-refractivity contribution in [2.75, 3.05) is 26.7 Å². The van der Waals surface area contributed by atoms with Crippen LogP contribution in [0.2, 0.25) is 0 Å². The van der Waals surface area contributed by atoms with E-state index in [2.05, 4.69) is 20.9 Å². The molecule has 6 nitrogen and oxygen atoms in total. The van der Waals surface area contributed by atoms with Crippen molar-refractivity contribution >= 4 is 35.8 Å². The third kappa shape index (κ3) is 7.10. The Labute approximate surface area is 183 Å². The molecule has 0 saturated heterocycles. The Morgan fingerprint density at radius 1 is 1.25 bits per heavy atom. The molecule has 156 valence electrons. The molecule has 3 rings (SSSR count). The lowest BCUT2D eigenvalue weighted by atomic mass is 10.1. The monoisotopic (exact) mass is 504 g/mol. The molecule has 1 amide bonds. The van der Waals surface area contributed by atoms with E-state index in [1.165, 1.54) is 18.9 Å². The highest BCUT2D eigenvalue weighted by atomic mass is 127. The third-order valence-electron chi connectivity index (χ3n) is 4.87. The van der Waals surface area contributed by atoms with Crippen LogP contribution in [-0.4, -0.2) is 38.6 Å². The van der Waals surface area contributed by atoms with Gasteiger partial charge in [-0.15, -0.1) is 24.0 Å². The summed E-state index contributed by atoms with van der Waals surface area (Å²) in [4.78, 5) is 15.8.